The van der Waals surface area contributed by atoms with Crippen LogP contribution in [0.3, 0.4) is 0 Å². The molecule has 0 spiro atoms. The van der Waals surface area contributed by atoms with Gasteiger partial charge in [0.2, 0.25) is 0 Å². The first-order valence-electron chi connectivity index (χ1n) is 6.11. The minimum atomic E-state index is -2.51. The molecule has 0 aliphatic carbocycles. The lowest BCUT2D eigenvalue weighted by molar-refractivity contribution is -0.0591. The minimum absolute atomic E-state index is 0.0733. The second kappa shape index (κ2) is 5.77. The number of hydrogen-bond acceptors (Lipinski definition) is 3. The summed E-state index contributed by atoms with van der Waals surface area (Å²) >= 11 is 1.53. The minimum Gasteiger partial charge on any atom is -0.285 e. The van der Waals surface area contributed by atoms with E-state index in [-0.39, 0.29) is 18.9 Å². The standard InChI is InChI=1S/C13H16F2N2S/c1-2-3-4-11(12-9-16-10-18-12)17-7-5-13(14,15)6-8-17/h9-11H,2,5-8H2,1H3. The summed E-state index contributed by atoms with van der Waals surface area (Å²) < 4.78 is 26.3. The van der Waals surface area contributed by atoms with E-state index in [9.17, 15) is 8.78 Å². The zero-order chi connectivity index (χ0) is 13.0. The second-order valence-corrected chi connectivity index (χ2v) is 5.29. The molecule has 1 aliphatic heterocycles. The summed E-state index contributed by atoms with van der Waals surface area (Å²) in [6.45, 7) is 2.78. The molecule has 0 radical (unpaired) electrons. The first kappa shape index (κ1) is 13.4. The molecule has 1 aliphatic rings. The molecular formula is C13H16F2N2S. The van der Waals surface area contributed by atoms with Gasteiger partial charge >= 0.3 is 0 Å². The van der Waals surface area contributed by atoms with Crippen LogP contribution < -0.4 is 0 Å². The van der Waals surface area contributed by atoms with Crippen molar-refractivity contribution in [2.45, 2.75) is 38.2 Å². The Bertz CT molecular complexity index is 424. The molecule has 98 valence electrons. The van der Waals surface area contributed by atoms with Crippen LogP contribution in [0, 0.1) is 11.8 Å². The zero-order valence-corrected chi connectivity index (χ0v) is 11.1. The van der Waals surface area contributed by atoms with Gasteiger partial charge in [0.05, 0.1) is 10.4 Å². The van der Waals surface area contributed by atoms with Gasteiger partial charge in [0.15, 0.2) is 0 Å². The van der Waals surface area contributed by atoms with E-state index in [1.165, 1.54) is 11.3 Å². The molecule has 1 aromatic heterocycles. The molecule has 1 aromatic rings. The summed E-state index contributed by atoms with van der Waals surface area (Å²) in [5, 5.41) is 0. The average molecular weight is 270 g/mol. The highest BCUT2D eigenvalue weighted by Crippen LogP contribution is 2.33. The number of aromatic nitrogens is 1. The summed E-state index contributed by atoms with van der Waals surface area (Å²) in [7, 11) is 0. The normalized spacial score (nSPS) is 21.1. The van der Waals surface area contributed by atoms with Gasteiger partial charge in [0.25, 0.3) is 5.92 Å². The quantitative estimate of drug-likeness (QED) is 0.766. The Morgan fingerprint density at radius 3 is 2.78 bits per heavy atom. The lowest BCUT2D eigenvalue weighted by Gasteiger charge is -2.34. The Hall–Kier alpha value is -0.990. The number of nitrogens with zero attached hydrogens (tertiary/aromatic N) is 2. The van der Waals surface area contributed by atoms with Crippen molar-refractivity contribution in [1.82, 2.24) is 9.88 Å². The SMILES string of the molecule is CCC#CC(c1cncs1)N1CCC(F)(F)CC1. The Balaban J connectivity index is 2.11. The van der Waals surface area contributed by atoms with Crippen LogP contribution in [0.5, 0.6) is 0 Å². The average Bonchev–Trinajstić information content (AvgIpc) is 2.85. The predicted molar refractivity (Wildman–Crippen MR) is 68.7 cm³/mol. The third-order valence-electron chi connectivity index (χ3n) is 3.03. The Morgan fingerprint density at radius 2 is 2.22 bits per heavy atom. The number of halogens is 2. The molecule has 5 heteroatoms. The van der Waals surface area contributed by atoms with Crippen LogP contribution in [0.1, 0.15) is 37.1 Å². The van der Waals surface area contributed by atoms with Crippen molar-refractivity contribution in [3.8, 4) is 11.8 Å². The van der Waals surface area contributed by atoms with Crippen LogP contribution in [-0.2, 0) is 0 Å². The van der Waals surface area contributed by atoms with E-state index in [1.807, 2.05) is 11.8 Å². The summed E-state index contributed by atoms with van der Waals surface area (Å²) in [5.41, 5.74) is 1.76. The first-order chi connectivity index (χ1) is 8.62. The highest BCUT2D eigenvalue weighted by atomic mass is 32.1. The molecule has 18 heavy (non-hydrogen) atoms. The van der Waals surface area contributed by atoms with Crippen molar-refractivity contribution in [3.05, 3.63) is 16.6 Å². The molecule has 0 bridgehead atoms. The molecule has 2 rings (SSSR count). The molecule has 0 saturated carbocycles. The van der Waals surface area contributed by atoms with E-state index in [4.69, 9.17) is 0 Å². The van der Waals surface area contributed by atoms with Gasteiger partial charge in [-0.2, -0.15) is 0 Å². The fourth-order valence-electron chi connectivity index (χ4n) is 2.01. The van der Waals surface area contributed by atoms with E-state index in [1.54, 1.807) is 11.7 Å². The molecule has 1 fully saturated rings. The van der Waals surface area contributed by atoms with E-state index in [2.05, 4.69) is 16.8 Å². The number of likely N-dealkylation sites (tertiary alicyclic amines) is 1. The molecule has 1 unspecified atom stereocenters. The summed E-state index contributed by atoms with van der Waals surface area (Å²) in [6.07, 6.45) is 2.41. The van der Waals surface area contributed by atoms with E-state index in [0.29, 0.717) is 13.1 Å². The van der Waals surface area contributed by atoms with Crippen molar-refractivity contribution in [2.24, 2.45) is 0 Å². The zero-order valence-electron chi connectivity index (χ0n) is 10.3. The third-order valence-corrected chi connectivity index (χ3v) is 3.86. The second-order valence-electron chi connectivity index (χ2n) is 4.37. The number of hydrogen-bond donors (Lipinski definition) is 0. The monoisotopic (exact) mass is 270 g/mol. The van der Waals surface area contributed by atoms with E-state index in [0.717, 1.165) is 11.3 Å². The first-order valence-corrected chi connectivity index (χ1v) is 6.99. The number of alkyl halides is 2. The highest BCUT2D eigenvalue weighted by Gasteiger charge is 2.36. The van der Waals surface area contributed by atoms with Gasteiger partial charge in [-0.05, 0) is 0 Å². The predicted octanol–water partition coefficient (Wildman–Crippen LogP) is 3.33. The van der Waals surface area contributed by atoms with Crippen molar-refractivity contribution in [2.75, 3.05) is 13.1 Å². The topological polar surface area (TPSA) is 16.1 Å². The Kier molecular flexibility index (Phi) is 4.31. The van der Waals surface area contributed by atoms with Gasteiger partial charge < -0.3 is 0 Å². The van der Waals surface area contributed by atoms with Crippen molar-refractivity contribution >= 4 is 11.3 Å². The number of thiazole rings is 1. The Labute approximate surface area is 110 Å². The van der Waals surface area contributed by atoms with Crippen LogP contribution in [0.25, 0.3) is 0 Å². The van der Waals surface area contributed by atoms with Crippen LogP contribution in [0.15, 0.2) is 11.7 Å². The lowest BCUT2D eigenvalue weighted by Crippen LogP contribution is -2.40. The van der Waals surface area contributed by atoms with Gasteiger partial charge in [0, 0.05) is 38.5 Å². The van der Waals surface area contributed by atoms with Gasteiger partial charge in [-0.1, -0.05) is 12.8 Å². The van der Waals surface area contributed by atoms with E-state index < -0.39 is 5.92 Å². The molecule has 0 amide bonds. The third kappa shape index (κ3) is 3.27. The summed E-state index contributed by atoms with van der Waals surface area (Å²) in [4.78, 5) is 7.13. The Morgan fingerprint density at radius 1 is 1.50 bits per heavy atom. The molecule has 2 nitrogen and oxygen atoms in total. The molecule has 1 atom stereocenters. The lowest BCUT2D eigenvalue weighted by atomic mass is 10.0. The maximum absolute atomic E-state index is 13.2. The van der Waals surface area contributed by atoms with Gasteiger partial charge in [-0.3, -0.25) is 9.88 Å². The van der Waals surface area contributed by atoms with Gasteiger partial charge in [0.1, 0.15) is 6.04 Å². The van der Waals surface area contributed by atoms with E-state index >= 15 is 0 Å². The van der Waals surface area contributed by atoms with Crippen LogP contribution in [0.2, 0.25) is 0 Å². The maximum Gasteiger partial charge on any atom is 0.250 e. The van der Waals surface area contributed by atoms with Gasteiger partial charge in [-0.15, -0.1) is 17.3 Å². The molecule has 2 heterocycles. The van der Waals surface area contributed by atoms with Crippen molar-refractivity contribution in [3.63, 3.8) is 0 Å². The largest absolute Gasteiger partial charge is 0.285 e. The van der Waals surface area contributed by atoms with Crippen LogP contribution in [0.4, 0.5) is 8.78 Å². The summed E-state index contributed by atoms with van der Waals surface area (Å²) in [6, 6.07) is -0.0754. The number of rotatable bonds is 2. The molecule has 0 N–H and O–H groups in total. The van der Waals surface area contributed by atoms with Crippen molar-refractivity contribution in [1.29, 1.82) is 0 Å². The summed E-state index contributed by atoms with van der Waals surface area (Å²) in [5.74, 6) is 3.72. The smallest absolute Gasteiger partial charge is 0.250 e. The van der Waals surface area contributed by atoms with Crippen molar-refractivity contribution < 1.29 is 8.78 Å². The molecule has 1 saturated heterocycles. The van der Waals surface area contributed by atoms with Gasteiger partial charge in [-0.25, -0.2) is 8.78 Å². The highest BCUT2D eigenvalue weighted by molar-refractivity contribution is 7.09. The van der Waals surface area contributed by atoms with Crippen LogP contribution in [-0.4, -0.2) is 28.9 Å². The van der Waals surface area contributed by atoms with Crippen LogP contribution >= 0.6 is 11.3 Å². The molecular weight excluding hydrogens is 254 g/mol. The molecule has 0 aromatic carbocycles. The fourth-order valence-corrected chi connectivity index (χ4v) is 2.71. The maximum atomic E-state index is 13.2. The number of piperidine rings is 1. The fraction of sp³-hybridized carbons (Fsp3) is 0.615.